The number of nitrogens with zero attached hydrogens (tertiary/aromatic N) is 1. The lowest BCUT2D eigenvalue weighted by Crippen LogP contribution is -2.28. The van der Waals surface area contributed by atoms with Crippen molar-refractivity contribution in [2.75, 3.05) is 36.6 Å². The molecular weight excluding hydrogens is 336 g/mol. The Labute approximate surface area is 149 Å². The maximum atomic E-state index is 12.5. The molecule has 134 valence electrons. The lowest BCUT2D eigenvalue weighted by Gasteiger charge is -2.20. The summed E-state index contributed by atoms with van der Waals surface area (Å²) in [7, 11) is -3.65. The first-order valence-electron chi connectivity index (χ1n) is 8.44. The van der Waals surface area contributed by atoms with Gasteiger partial charge in [0.2, 0.25) is 0 Å². The third-order valence-corrected chi connectivity index (χ3v) is 5.66. The highest BCUT2D eigenvalue weighted by Gasteiger charge is 2.17. The fourth-order valence-corrected chi connectivity index (χ4v) is 4.00. The number of nitrogens with two attached hydrogens (primary N) is 1. The predicted octanol–water partition coefficient (Wildman–Crippen LogP) is 1.86. The quantitative estimate of drug-likeness (QED) is 0.709. The van der Waals surface area contributed by atoms with Gasteiger partial charge in [-0.1, -0.05) is 24.3 Å². The van der Waals surface area contributed by atoms with Crippen LogP contribution in [0, 0.1) is 0 Å². The summed E-state index contributed by atoms with van der Waals surface area (Å²) >= 11 is 0. The van der Waals surface area contributed by atoms with Crippen molar-refractivity contribution in [3.63, 3.8) is 0 Å². The van der Waals surface area contributed by atoms with E-state index in [1.807, 2.05) is 12.1 Å². The van der Waals surface area contributed by atoms with E-state index in [2.05, 4.69) is 14.9 Å². The second kappa shape index (κ2) is 7.86. The van der Waals surface area contributed by atoms with Gasteiger partial charge in [-0.3, -0.25) is 9.62 Å². The number of sulfonamides is 1. The van der Waals surface area contributed by atoms with E-state index in [1.54, 1.807) is 30.3 Å². The van der Waals surface area contributed by atoms with Gasteiger partial charge in [-0.25, -0.2) is 8.42 Å². The van der Waals surface area contributed by atoms with Crippen LogP contribution < -0.4 is 15.8 Å². The van der Waals surface area contributed by atoms with E-state index in [0.29, 0.717) is 11.4 Å². The molecule has 1 fully saturated rings. The van der Waals surface area contributed by atoms with Crippen molar-refractivity contribution in [1.29, 1.82) is 0 Å². The summed E-state index contributed by atoms with van der Waals surface area (Å²) in [6.07, 6.45) is 1.10. The van der Waals surface area contributed by atoms with E-state index in [4.69, 9.17) is 5.73 Å². The molecule has 1 heterocycles. The zero-order valence-corrected chi connectivity index (χ0v) is 14.9. The number of anilines is 2. The Morgan fingerprint density at radius 1 is 1.08 bits per heavy atom. The van der Waals surface area contributed by atoms with E-state index >= 15 is 0 Å². The molecule has 1 saturated heterocycles. The van der Waals surface area contributed by atoms with Crippen LogP contribution in [0.1, 0.15) is 12.0 Å². The molecule has 3 rings (SSSR count). The van der Waals surface area contributed by atoms with Crippen LogP contribution in [0.15, 0.2) is 53.4 Å². The van der Waals surface area contributed by atoms with E-state index in [0.717, 1.165) is 44.7 Å². The van der Waals surface area contributed by atoms with Gasteiger partial charge in [-0.15, -0.1) is 0 Å². The molecule has 2 aromatic rings. The van der Waals surface area contributed by atoms with Gasteiger partial charge < -0.3 is 11.1 Å². The smallest absolute Gasteiger partial charge is 0.261 e. The summed E-state index contributed by atoms with van der Waals surface area (Å²) in [4.78, 5) is 2.51. The average molecular weight is 360 g/mol. The molecule has 2 aromatic carbocycles. The van der Waals surface area contributed by atoms with Crippen LogP contribution in [-0.4, -0.2) is 39.5 Å². The lowest BCUT2D eigenvalue weighted by molar-refractivity contribution is 0.285. The Bertz CT molecular complexity index is 801. The molecule has 4 N–H and O–H groups in total. The van der Waals surface area contributed by atoms with Crippen LogP contribution in [0.2, 0.25) is 0 Å². The van der Waals surface area contributed by atoms with Gasteiger partial charge in [-0.2, -0.15) is 0 Å². The van der Waals surface area contributed by atoms with E-state index in [-0.39, 0.29) is 4.90 Å². The molecule has 0 amide bonds. The molecule has 0 spiro atoms. The summed E-state index contributed by atoms with van der Waals surface area (Å²) < 4.78 is 27.6. The number of hydrogen-bond acceptors (Lipinski definition) is 5. The molecule has 1 aliphatic heterocycles. The minimum absolute atomic E-state index is 0.176. The minimum atomic E-state index is -3.65. The van der Waals surface area contributed by atoms with Gasteiger partial charge in [0.1, 0.15) is 0 Å². The summed E-state index contributed by atoms with van der Waals surface area (Å²) in [6.45, 7) is 4.72. The second-order valence-corrected chi connectivity index (χ2v) is 7.89. The molecule has 25 heavy (non-hydrogen) atoms. The van der Waals surface area contributed by atoms with Crippen LogP contribution in [0.3, 0.4) is 0 Å². The summed E-state index contributed by atoms with van der Waals surface area (Å²) in [5, 5.41) is 3.37. The number of benzene rings is 2. The fraction of sp³-hybridized carbons (Fsp3) is 0.333. The molecule has 0 radical (unpaired) electrons. The molecule has 0 atom stereocenters. The van der Waals surface area contributed by atoms with Crippen LogP contribution >= 0.6 is 0 Å². The van der Waals surface area contributed by atoms with Crippen molar-refractivity contribution >= 4 is 21.4 Å². The zero-order valence-electron chi connectivity index (χ0n) is 14.1. The highest BCUT2D eigenvalue weighted by atomic mass is 32.2. The van der Waals surface area contributed by atoms with Crippen LogP contribution in [0.5, 0.6) is 0 Å². The third kappa shape index (κ3) is 4.72. The Morgan fingerprint density at radius 3 is 2.64 bits per heavy atom. The van der Waals surface area contributed by atoms with Crippen molar-refractivity contribution in [3.05, 3.63) is 54.1 Å². The molecule has 0 aromatic heterocycles. The van der Waals surface area contributed by atoms with Gasteiger partial charge in [-0.05, 0) is 49.3 Å². The van der Waals surface area contributed by atoms with E-state index < -0.39 is 10.0 Å². The lowest BCUT2D eigenvalue weighted by atomic mass is 10.1. The van der Waals surface area contributed by atoms with E-state index in [9.17, 15) is 8.42 Å². The standard InChI is InChI=1S/C18H24N4O2S/c19-18-13-17(25(23,24)21-16-5-2-1-3-6-16)8-7-15(18)14-22-11-4-9-20-10-12-22/h1-3,5-8,13,20-21H,4,9-12,14,19H2. The monoisotopic (exact) mass is 360 g/mol. The molecule has 0 unspecified atom stereocenters. The van der Waals surface area contributed by atoms with Crippen molar-refractivity contribution in [2.24, 2.45) is 0 Å². The predicted molar refractivity (Wildman–Crippen MR) is 101 cm³/mol. The first-order chi connectivity index (χ1) is 12.0. The summed E-state index contributed by atoms with van der Waals surface area (Å²) in [5.41, 5.74) is 8.13. The van der Waals surface area contributed by atoms with Gasteiger partial charge >= 0.3 is 0 Å². The van der Waals surface area contributed by atoms with Crippen molar-refractivity contribution < 1.29 is 8.42 Å². The molecule has 7 heteroatoms. The Hall–Kier alpha value is -2.09. The summed E-state index contributed by atoms with van der Waals surface area (Å²) in [6, 6.07) is 13.8. The molecule has 0 bridgehead atoms. The fourth-order valence-electron chi connectivity index (χ4n) is 2.91. The molecular formula is C18H24N4O2S. The Balaban J connectivity index is 1.74. The number of hydrogen-bond donors (Lipinski definition) is 3. The van der Waals surface area contributed by atoms with Crippen molar-refractivity contribution in [3.8, 4) is 0 Å². The van der Waals surface area contributed by atoms with Crippen molar-refractivity contribution in [2.45, 2.75) is 17.9 Å². The first kappa shape index (κ1) is 17.7. The van der Waals surface area contributed by atoms with E-state index in [1.165, 1.54) is 6.07 Å². The highest BCUT2D eigenvalue weighted by molar-refractivity contribution is 7.92. The zero-order chi connectivity index (χ0) is 17.7. The topological polar surface area (TPSA) is 87.5 Å². The molecule has 1 aliphatic rings. The van der Waals surface area contributed by atoms with Gasteiger partial charge in [0.15, 0.2) is 0 Å². The maximum absolute atomic E-state index is 12.5. The maximum Gasteiger partial charge on any atom is 0.261 e. The Morgan fingerprint density at radius 2 is 1.88 bits per heavy atom. The number of rotatable bonds is 5. The highest BCUT2D eigenvalue weighted by Crippen LogP contribution is 2.22. The normalized spacial score (nSPS) is 16.3. The van der Waals surface area contributed by atoms with Gasteiger partial charge in [0, 0.05) is 31.0 Å². The third-order valence-electron chi connectivity index (χ3n) is 4.28. The van der Waals surface area contributed by atoms with Crippen LogP contribution in [-0.2, 0) is 16.6 Å². The number of nitrogens with one attached hydrogen (secondary N) is 2. The Kier molecular flexibility index (Phi) is 5.57. The molecule has 0 aliphatic carbocycles. The minimum Gasteiger partial charge on any atom is -0.398 e. The van der Waals surface area contributed by atoms with Gasteiger partial charge in [0.05, 0.1) is 4.90 Å². The molecule has 6 nitrogen and oxygen atoms in total. The van der Waals surface area contributed by atoms with Crippen LogP contribution in [0.25, 0.3) is 0 Å². The molecule has 0 saturated carbocycles. The SMILES string of the molecule is Nc1cc(S(=O)(=O)Nc2ccccc2)ccc1CN1CCCNCC1. The average Bonchev–Trinajstić information content (AvgIpc) is 2.86. The largest absolute Gasteiger partial charge is 0.398 e. The van der Waals surface area contributed by atoms with Crippen LogP contribution in [0.4, 0.5) is 11.4 Å². The summed E-state index contributed by atoms with van der Waals surface area (Å²) in [5.74, 6) is 0. The van der Waals surface area contributed by atoms with Crippen molar-refractivity contribution in [1.82, 2.24) is 10.2 Å². The second-order valence-electron chi connectivity index (χ2n) is 6.21. The number of nitrogen functional groups attached to an aromatic ring is 1. The number of para-hydroxylation sites is 1. The van der Waals surface area contributed by atoms with Gasteiger partial charge in [0.25, 0.3) is 10.0 Å². The first-order valence-corrected chi connectivity index (χ1v) is 9.92.